The van der Waals surface area contributed by atoms with Crippen LogP contribution in [0.2, 0.25) is 0 Å². The van der Waals surface area contributed by atoms with Gasteiger partial charge in [0.15, 0.2) is 16.8 Å². The van der Waals surface area contributed by atoms with Gasteiger partial charge in [-0.05, 0) is 36.4 Å². The highest BCUT2D eigenvalue weighted by Crippen LogP contribution is 2.25. The highest BCUT2D eigenvalue weighted by Gasteiger charge is 2.10. The molecule has 3 N–H and O–H groups in total. The number of hydrogen-bond acceptors (Lipinski definition) is 6. The third kappa shape index (κ3) is 3.29. The topological polar surface area (TPSA) is 87.4 Å². The minimum absolute atomic E-state index is 0.130. The summed E-state index contributed by atoms with van der Waals surface area (Å²) in [6.07, 6.45) is -0.971. The number of aliphatic hydroxyl groups excluding tert-OH is 1. The Balaban J connectivity index is 1.61. The van der Waals surface area contributed by atoms with Crippen molar-refractivity contribution in [3.05, 3.63) is 77.0 Å². The van der Waals surface area contributed by atoms with Crippen molar-refractivity contribution in [1.29, 1.82) is 0 Å². The lowest BCUT2D eigenvalue weighted by molar-refractivity contribution is 0.233. The standard InChI is InChI=1S/C19H15N3O3/c23-14-7-9-16-18(11-14)25-17-10-13(6-8-15(17)22-16)21-19(24)20-12-4-2-1-3-5-12/h1-11,19-21,24H. The van der Waals surface area contributed by atoms with Crippen LogP contribution in [0.5, 0.6) is 0 Å². The molecular formula is C19H15N3O3. The second kappa shape index (κ2) is 6.26. The van der Waals surface area contributed by atoms with E-state index in [1.807, 2.05) is 30.3 Å². The summed E-state index contributed by atoms with van der Waals surface area (Å²) in [7, 11) is 0. The number of nitrogens with one attached hydrogen (secondary N) is 2. The maximum Gasteiger partial charge on any atom is 0.202 e. The SMILES string of the molecule is O=c1ccc2nc3ccc(NC(O)Nc4ccccc4)cc3oc-2c1. The van der Waals surface area contributed by atoms with Gasteiger partial charge in [0.25, 0.3) is 0 Å². The van der Waals surface area contributed by atoms with Gasteiger partial charge in [0.1, 0.15) is 11.2 Å². The first kappa shape index (κ1) is 15.2. The fraction of sp³-hybridized carbons (Fsp3) is 0.0526. The number of benzene rings is 3. The Morgan fingerprint density at radius 3 is 2.56 bits per heavy atom. The third-order valence-electron chi connectivity index (χ3n) is 3.73. The molecule has 6 heteroatoms. The summed E-state index contributed by atoms with van der Waals surface area (Å²) >= 11 is 0. The largest absolute Gasteiger partial charge is 0.453 e. The van der Waals surface area contributed by atoms with Crippen molar-refractivity contribution < 1.29 is 9.52 Å². The van der Waals surface area contributed by atoms with Gasteiger partial charge in [-0.1, -0.05) is 18.2 Å². The predicted molar refractivity (Wildman–Crippen MR) is 96.6 cm³/mol. The summed E-state index contributed by atoms with van der Waals surface area (Å²) in [6, 6.07) is 19.2. The van der Waals surface area contributed by atoms with E-state index in [4.69, 9.17) is 4.42 Å². The average molecular weight is 333 g/mol. The second-order valence-corrected chi connectivity index (χ2v) is 5.58. The van der Waals surface area contributed by atoms with Gasteiger partial charge in [-0.2, -0.15) is 0 Å². The zero-order valence-electron chi connectivity index (χ0n) is 13.1. The summed E-state index contributed by atoms with van der Waals surface area (Å²) in [6.45, 7) is 0. The first-order valence-corrected chi connectivity index (χ1v) is 7.78. The van der Waals surface area contributed by atoms with Crippen LogP contribution >= 0.6 is 0 Å². The molecule has 1 aliphatic heterocycles. The van der Waals surface area contributed by atoms with Crippen molar-refractivity contribution in [1.82, 2.24) is 4.98 Å². The molecular weight excluding hydrogens is 318 g/mol. The second-order valence-electron chi connectivity index (χ2n) is 5.58. The normalized spacial score (nSPS) is 12.2. The lowest BCUT2D eigenvalue weighted by Crippen LogP contribution is -2.27. The predicted octanol–water partition coefficient (Wildman–Crippen LogP) is 3.09. The van der Waals surface area contributed by atoms with Crippen LogP contribution in [-0.2, 0) is 0 Å². The van der Waals surface area contributed by atoms with Crippen molar-refractivity contribution in [3.8, 4) is 11.5 Å². The third-order valence-corrected chi connectivity index (χ3v) is 3.73. The molecule has 0 spiro atoms. The van der Waals surface area contributed by atoms with E-state index >= 15 is 0 Å². The summed E-state index contributed by atoms with van der Waals surface area (Å²) in [5.41, 5.74) is 3.14. The minimum Gasteiger partial charge on any atom is -0.453 e. The lowest BCUT2D eigenvalue weighted by atomic mass is 10.2. The Labute approximate surface area is 143 Å². The van der Waals surface area contributed by atoms with Crippen LogP contribution in [0.1, 0.15) is 0 Å². The Morgan fingerprint density at radius 2 is 1.72 bits per heavy atom. The number of para-hydroxylation sites is 1. The zero-order chi connectivity index (χ0) is 17.2. The van der Waals surface area contributed by atoms with E-state index in [-0.39, 0.29) is 5.43 Å². The molecule has 6 nitrogen and oxygen atoms in total. The van der Waals surface area contributed by atoms with Crippen LogP contribution in [0.3, 0.4) is 0 Å². The molecule has 4 rings (SSSR count). The van der Waals surface area contributed by atoms with Gasteiger partial charge in [0, 0.05) is 23.5 Å². The smallest absolute Gasteiger partial charge is 0.202 e. The van der Waals surface area contributed by atoms with Gasteiger partial charge in [0.2, 0.25) is 6.35 Å². The number of hydrogen-bond donors (Lipinski definition) is 3. The van der Waals surface area contributed by atoms with E-state index < -0.39 is 6.35 Å². The summed E-state index contributed by atoms with van der Waals surface area (Å²) in [5.74, 6) is 0.431. The maximum atomic E-state index is 11.5. The fourth-order valence-corrected chi connectivity index (χ4v) is 2.58. The van der Waals surface area contributed by atoms with Crippen molar-refractivity contribution in [3.63, 3.8) is 0 Å². The van der Waals surface area contributed by atoms with Crippen LogP contribution in [0, 0.1) is 0 Å². The Bertz CT molecular complexity index is 1050. The molecule has 0 fully saturated rings. The number of aliphatic hydroxyl groups is 1. The van der Waals surface area contributed by atoms with E-state index in [1.54, 1.807) is 24.3 Å². The molecule has 0 amide bonds. The highest BCUT2D eigenvalue weighted by molar-refractivity contribution is 5.79. The van der Waals surface area contributed by atoms with Crippen molar-refractivity contribution >= 4 is 22.5 Å². The monoisotopic (exact) mass is 333 g/mol. The average Bonchev–Trinajstić information content (AvgIpc) is 2.60. The molecule has 1 aliphatic carbocycles. The molecule has 1 atom stereocenters. The van der Waals surface area contributed by atoms with E-state index in [9.17, 15) is 9.90 Å². The van der Waals surface area contributed by atoms with Gasteiger partial charge >= 0.3 is 0 Å². The Hall–Kier alpha value is -3.38. The fourth-order valence-electron chi connectivity index (χ4n) is 2.58. The van der Waals surface area contributed by atoms with Crippen LogP contribution in [0.25, 0.3) is 22.6 Å². The van der Waals surface area contributed by atoms with Crippen LogP contribution < -0.4 is 16.1 Å². The van der Waals surface area contributed by atoms with E-state index in [0.717, 1.165) is 5.69 Å². The molecule has 0 saturated carbocycles. The molecule has 25 heavy (non-hydrogen) atoms. The van der Waals surface area contributed by atoms with E-state index in [2.05, 4.69) is 15.6 Å². The Kier molecular flexibility index (Phi) is 3.80. The molecule has 0 aromatic heterocycles. The van der Waals surface area contributed by atoms with Crippen molar-refractivity contribution in [2.45, 2.75) is 6.35 Å². The van der Waals surface area contributed by atoms with Crippen molar-refractivity contribution in [2.24, 2.45) is 0 Å². The first-order chi connectivity index (χ1) is 12.2. The molecule has 2 aromatic rings. The van der Waals surface area contributed by atoms with Crippen molar-refractivity contribution in [2.75, 3.05) is 10.6 Å². The van der Waals surface area contributed by atoms with Gasteiger partial charge < -0.3 is 20.2 Å². The molecule has 1 unspecified atom stereocenters. The molecule has 0 saturated heterocycles. The quantitative estimate of drug-likeness (QED) is 0.393. The number of anilines is 2. The molecule has 1 heterocycles. The van der Waals surface area contributed by atoms with Crippen LogP contribution in [0.15, 0.2) is 75.9 Å². The highest BCUT2D eigenvalue weighted by atomic mass is 16.3. The molecule has 124 valence electrons. The lowest BCUT2D eigenvalue weighted by Gasteiger charge is -2.17. The van der Waals surface area contributed by atoms with Crippen LogP contribution in [-0.4, -0.2) is 16.4 Å². The molecule has 2 aromatic carbocycles. The zero-order valence-corrected chi connectivity index (χ0v) is 13.1. The Morgan fingerprint density at radius 1 is 0.920 bits per heavy atom. The van der Waals surface area contributed by atoms with Crippen LogP contribution in [0.4, 0.5) is 11.4 Å². The van der Waals surface area contributed by atoms with Gasteiger partial charge in [-0.25, -0.2) is 4.98 Å². The number of rotatable bonds is 4. The number of aromatic nitrogens is 1. The summed E-state index contributed by atoms with van der Waals surface area (Å²) in [5, 5.41) is 16.0. The molecule has 2 aliphatic rings. The van der Waals surface area contributed by atoms with Gasteiger partial charge in [0.05, 0.1) is 0 Å². The first-order valence-electron chi connectivity index (χ1n) is 7.78. The summed E-state index contributed by atoms with van der Waals surface area (Å²) in [4.78, 5) is 15.9. The van der Waals surface area contributed by atoms with E-state index in [0.29, 0.717) is 28.2 Å². The maximum absolute atomic E-state index is 11.5. The number of fused-ring (bicyclic) bond motifs is 2. The minimum atomic E-state index is -0.971. The number of nitrogens with zero attached hydrogens (tertiary/aromatic N) is 1. The molecule has 0 radical (unpaired) electrons. The van der Waals surface area contributed by atoms with Gasteiger partial charge in [-0.3, -0.25) is 4.79 Å². The molecule has 0 bridgehead atoms. The summed E-state index contributed by atoms with van der Waals surface area (Å²) < 4.78 is 5.76. The van der Waals surface area contributed by atoms with Gasteiger partial charge in [-0.15, -0.1) is 0 Å². The van der Waals surface area contributed by atoms with E-state index in [1.165, 1.54) is 12.1 Å².